The Labute approximate surface area is 159 Å². The van der Waals surface area contributed by atoms with Gasteiger partial charge in [-0.3, -0.25) is 9.59 Å². The number of nitrogens with one attached hydrogen (secondary N) is 2. The summed E-state index contributed by atoms with van der Waals surface area (Å²) in [4.78, 5) is 24.2. The van der Waals surface area contributed by atoms with Crippen LogP contribution in [0.1, 0.15) is 61.6 Å². The zero-order valence-corrected chi connectivity index (χ0v) is 16.2. The van der Waals surface area contributed by atoms with Crippen LogP contribution < -0.4 is 10.6 Å². The number of hydrogen-bond donors (Lipinski definition) is 2. The van der Waals surface area contributed by atoms with Crippen LogP contribution in [-0.2, 0) is 18.3 Å². The number of nitrogens with zero attached hydrogens (tertiary/aromatic N) is 4. The topological polar surface area (TPSA) is 93.8 Å². The van der Waals surface area contributed by atoms with Gasteiger partial charge < -0.3 is 15.2 Å². The van der Waals surface area contributed by atoms with Crippen molar-refractivity contribution in [1.82, 2.24) is 30.2 Å². The molecular weight excluding hydrogens is 344 g/mol. The summed E-state index contributed by atoms with van der Waals surface area (Å²) in [5.41, 5.74) is 1.38. The van der Waals surface area contributed by atoms with Gasteiger partial charge in [0.2, 0.25) is 5.91 Å². The van der Waals surface area contributed by atoms with E-state index >= 15 is 0 Å². The molecule has 1 aliphatic carbocycles. The van der Waals surface area contributed by atoms with Crippen molar-refractivity contribution in [2.45, 2.75) is 64.1 Å². The van der Waals surface area contributed by atoms with Crippen LogP contribution in [0.15, 0.2) is 24.7 Å². The van der Waals surface area contributed by atoms with E-state index in [1.807, 2.05) is 43.9 Å². The summed E-state index contributed by atoms with van der Waals surface area (Å²) >= 11 is 0. The lowest BCUT2D eigenvalue weighted by Crippen LogP contribution is -2.38. The Kier molecular flexibility index (Phi) is 5.93. The lowest BCUT2D eigenvalue weighted by Gasteiger charge is -2.28. The van der Waals surface area contributed by atoms with E-state index in [0.29, 0.717) is 12.1 Å². The Balaban J connectivity index is 1.46. The summed E-state index contributed by atoms with van der Waals surface area (Å²) in [6, 6.07) is 2.46. The van der Waals surface area contributed by atoms with E-state index in [2.05, 4.69) is 20.9 Å². The molecule has 0 bridgehead atoms. The Morgan fingerprint density at radius 3 is 2.59 bits per heavy atom. The quantitative estimate of drug-likeness (QED) is 0.805. The summed E-state index contributed by atoms with van der Waals surface area (Å²) in [5.74, 6) is -0.129. The van der Waals surface area contributed by atoms with E-state index in [0.717, 1.165) is 31.2 Å². The van der Waals surface area contributed by atoms with E-state index in [4.69, 9.17) is 0 Å². The lowest BCUT2D eigenvalue weighted by molar-refractivity contribution is -0.121. The first-order chi connectivity index (χ1) is 12.9. The molecule has 1 aliphatic rings. The largest absolute Gasteiger partial charge is 0.357 e. The third kappa shape index (κ3) is 5.18. The van der Waals surface area contributed by atoms with Gasteiger partial charge in [-0.15, -0.1) is 5.10 Å². The van der Waals surface area contributed by atoms with E-state index in [1.54, 1.807) is 10.9 Å². The second-order valence-corrected chi connectivity index (χ2v) is 7.65. The second-order valence-electron chi connectivity index (χ2n) is 7.65. The SMILES string of the molecule is CC(C)NC(=O)c1cn(C2CCC(NC(=O)Cc3ccn(C)c3)CC2)nn1. The summed E-state index contributed by atoms with van der Waals surface area (Å²) in [6.07, 6.45) is 9.66. The highest BCUT2D eigenvalue weighted by Crippen LogP contribution is 2.28. The first-order valence-electron chi connectivity index (χ1n) is 9.53. The van der Waals surface area contributed by atoms with E-state index in [9.17, 15) is 9.59 Å². The maximum absolute atomic E-state index is 12.2. The molecular formula is C19H28N6O2. The fourth-order valence-corrected chi connectivity index (χ4v) is 3.51. The van der Waals surface area contributed by atoms with Gasteiger partial charge >= 0.3 is 0 Å². The molecule has 0 aliphatic heterocycles. The molecule has 0 spiro atoms. The molecule has 1 fully saturated rings. The van der Waals surface area contributed by atoms with E-state index in [1.165, 1.54) is 0 Å². The van der Waals surface area contributed by atoms with Crippen molar-refractivity contribution in [3.63, 3.8) is 0 Å². The van der Waals surface area contributed by atoms with Gasteiger partial charge in [-0.1, -0.05) is 5.21 Å². The van der Waals surface area contributed by atoms with Crippen molar-refractivity contribution in [2.24, 2.45) is 7.05 Å². The van der Waals surface area contributed by atoms with Gasteiger partial charge in [0, 0.05) is 31.5 Å². The van der Waals surface area contributed by atoms with Crippen LogP contribution in [0.3, 0.4) is 0 Å². The minimum atomic E-state index is -0.196. The van der Waals surface area contributed by atoms with Crippen LogP contribution in [0.5, 0.6) is 0 Å². The van der Waals surface area contributed by atoms with E-state index < -0.39 is 0 Å². The normalized spacial score (nSPS) is 19.9. The van der Waals surface area contributed by atoms with Crippen LogP contribution in [0.4, 0.5) is 0 Å². The molecule has 2 aromatic rings. The molecule has 146 valence electrons. The van der Waals surface area contributed by atoms with E-state index in [-0.39, 0.29) is 29.9 Å². The zero-order chi connectivity index (χ0) is 19.4. The molecule has 27 heavy (non-hydrogen) atoms. The molecule has 2 N–H and O–H groups in total. The number of aromatic nitrogens is 4. The highest BCUT2D eigenvalue weighted by atomic mass is 16.2. The molecule has 2 heterocycles. The van der Waals surface area contributed by atoms with Crippen molar-refractivity contribution >= 4 is 11.8 Å². The molecule has 3 rings (SSSR count). The average molecular weight is 372 g/mol. The fraction of sp³-hybridized carbons (Fsp3) is 0.579. The van der Waals surface area contributed by atoms with Crippen LogP contribution in [0.25, 0.3) is 0 Å². The minimum Gasteiger partial charge on any atom is -0.357 e. The number of aryl methyl sites for hydroxylation is 1. The van der Waals surface area contributed by atoms with Gasteiger partial charge in [-0.2, -0.15) is 0 Å². The zero-order valence-electron chi connectivity index (χ0n) is 16.2. The highest BCUT2D eigenvalue weighted by Gasteiger charge is 2.25. The third-order valence-corrected chi connectivity index (χ3v) is 4.86. The first kappa shape index (κ1) is 19.1. The number of rotatable bonds is 6. The van der Waals surface area contributed by atoms with Crippen LogP contribution in [-0.4, -0.2) is 43.5 Å². The smallest absolute Gasteiger partial charge is 0.273 e. The van der Waals surface area contributed by atoms with Crippen LogP contribution >= 0.6 is 0 Å². The van der Waals surface area contributed by atoms with Crippen molar-refractivity contribution in [3.05, 3.63) is 35.9 Å². The molecule has 0 radical (unpaired) electrons. The molecule has 0 unspecified atom stereocenters. The van der Waals surface area contributed by atoms with Gasteiger partial charge in [-0.25, -0.2) is 4.68 Å². The highest BCUT2D eigenvalue weighted by molar-refractivity contribution is 5.92. The van der Waals surface area contributed by atoms with Crippen molar-refractivity contribution < 1.29 is 9.59 Å². The third-order valence-electron chi connectivity index (χ3n) is 4.86. The van der Waals surface area contributed by atoms with Crippen molar-refractivity contribution in [3.8, 4) is 0 Å². The maximum atomic E-state index is 12.2. The average Bonchev–Trinajstić information content (AvgIpc) is 3.24. The molecule has 8 heteroatoms. The van der Waals surface area contributed by atoms with Gasteiger partial charge in [-0.05, 0) is 51.2 Å². The molecule has 2 aromatic heterocycles. The molecule has 2 amide bonds. The monoisotopic (exact) mass is 372 g/mol. The minimum absolute atomic E-state index is 0.0672. The molecule has 0 aromatic carbocycles. The van der Waals surface area contributed by atoms with Crippen LogP contribution in [0.2, 0.25) is 0 Å². The number of carbonyl (C=O) groups excluding carboxylic acids is 2. The Morgan fingerprint density at radius 1 is 1.22 bits per heavy atom. The van der Waals surface area contributed by atoms with Crippen molar-refractivity contribution in [2.75, 3.05) is 0 Å². The maximum Gasteiger partial charge on any atom is 0.273 e. The predicted molar refractivity (Wildman–Crippen MR) is 101 cm³/mol. The molecule has 8 nitrogen and oxygen atoms in total. The lowest BCUT2D eigenvalue weighted by atomic mass is 9.91. The Morgan fingerprint density at radius 2 is 1.96 bits per heavy atom. The standard InChI is InChI=1S/C19H28N6O2/c1-13(2)20-19(27)17-12-25(23-22-17)16-6-4-15(5-7-16)21-18(26)10-14-8-9-24(3)11-14/h8-9,11-13,15-16H,4-7,10H2,1-3H3,(H,20,27)(H,21,26). The molecule has 1 saturated carbocycles. The Bertz CT molecular complexity index is 786. The summed E-state index contributed by atoms with van der Waals surface area (Å²) in [7, 11) is 1.95. The van der Waals surface area contributed by atoms with Crippen molar-refractivity contribution in [1.29, 1.82) is 0 Å². The summed E-state index contributed by atoms with van der Waals surface area (Å²) < 4.78 is 3.73. The van der Waals surface area contributed by atoms with Crippen LogP contribution in [0, 0.1) is 0 Å². The number of carbonyl (C=O) groups is 2. The summed E-state index contributed by atoms with van der Waals surface area (Å²) in [5, 5.41) is 14.1. The van der Waals surface area contributed by atoms with Gasteiger partial charge in [0.05, 0.1) is 18.7 Å². The predicted octanol–water partition coefficient (Wildman–Crippen LogP) is 1.60. The number of hydrogen-bond acceptors (Lipinski definition) is 4. The second kappa shape index (κ2) is 8.37. The summed E-state index contributed by atoms with van der Waals surface area (Å²) in [6.45, 7) is 3.82. The Hall–Kier alpha value is -2.64. The molecule has 0 atom stereocenters. The molecule has 0 saturated heterocycles. The van der Waals surface area contributed by atoms with Gasteiger partial charge in [0.15, 0.2) is 5.69 Å². The first-order valence-corrected chi connectivity index (χ1v) is 9.53. The van der Waals surface area contributed by atoms with Gasteiger partial charge in [0.1, 0.15) is 0 Å². The number of amides is 2. The van der Waals surface area contributed by atoms with Gasteiger partial charge in [0.25, 0.3) is 5.91 Å². The fourth-order valence-electron chi connectivity index (χ4n) is 3.51.